The molecule has 0 bridgehead atoms. The average molecular weight is 457 g/mol. The minimum Gasteiger partial charge on any atom is -0.302 e. The SMILES string of the molecule is O=C(Cc1csc(NC(=O)c2ccc(F)cc2)n1)Nc1nc2ccc([N+](=O)[O-])cc2s1. The monoisotopic (exact) mass is 457 g/mol. The minimum atomic E-state index is -0.494. The van der Waals surface area contributed by atoms with Gasteiger partial charge in [0.1, 0.15) is 5.82 Å². The molecular formula is C19H12FN5O4S2. The maximum atomic E-state index is 13.0. The molecule has 0 unspecified atom stereocenters. The quantitative estimate of drug-likeness (QED) is 0.329. The van der Waals surface area contributed by atoms with Gasteiger partial charge in [0, 0.05) is 23.1 Å². The van der Waals surface area contributed by atoms with Crippen molar-refractivity contribution in [2.45, 2.75) is 6.42 Å². The van der Waals surface area contributed by atoms with Crippen molar-refractivity contribution in [1.82, 2.24) is 9.97 Å². The molecule has 0 aliphatic carbocycles. The Labute approximate surface area is 181 Å². The van der Waals surface area contributed by atoms with Crippen LogP contribution in [0.25, 0.3) is 10.2 Å². The number of benzene rings is 2. The van der Waals surface area contributed by atoms with Crippen LogP contribution in [0, 0.1) is 15.9 Å². The number of rotatable bonds is 6. The Balaban J connectivity index is 1.37. The number of nitrogens with one attached hydrogen (secondary N) is 2. The molecule has 31 heavy (non-hydrogen) atoms. The van der Waals surface area contributed by atoms with E-state index in [1.807, 2.05) is 0 Å². The van der Waals surface area contributed by atoms with Gasteiger partial charge in [-0.1, -0.05) is 11.3 Å². The zero-order chi connectivity index (χ0) is 22.0. The molecule has 0 saturated carbocycles. The summed E-state index contributed by atoms with van der Waals surface area (Å²) in [6.07, 6.45) is -0.0427. The first-order valence-corrected chi connectivity index (χ1v) is 10.4. The number of nitro groups is 1. The van der Waals surface area contributed by atoms with E-state index in [1.54, 1.807) is 5.38 Å². The summed E-state index contributed by atoms with van der Waals surface area (Å²) in [5, 5.41) is 18.4. The summed E-state index contributed by atoms with van der Waals surface area (Å²) in [4.78, 5) is 43.3. The lowest BCUT2D eigenvalue weighted by molar-refractivity contribution is -0.384. The van der Waals surface area contributed by atoms with Crippen LogP contribution in [0.1, 0.15) is 16.1 Å². The number of amides is 2. The third-order valence-corrected chi connectivity index (χ3v) is 5.79. The molecule has 0 aliphatic heterocycles. The molecule has 2 aromatic carbocycles. The summed E-state index contributed by atoms with van der Waals surface area (Å²) in [7, 11) is 0. The number of carbonyl (C=O) groups excluding carboxylic acids is 2. The number of nitrogens with zero attached hydrogens (tertiary/aromatic N) is 3. The molecule has 0 radical (unpaired) electrons. The number of halogens is 1. The van der Waals surface area contributed by atoms with Crippen LogP contribution in [0.3, 0.4) is 0 Å². The van der Waals surface area contributed by atoms with Crippen LogP contribution in [-0.4, -0.2) is 26.7 Å². The average Bonchev–Trinajstić information content (AvgIpc) is 3.33. The second-order valence-electron chi connectivity index (χ2n) is 6.26. The van der Waals surface area contributed by atoms with Crippen molar-refractivity contribution in [3.63, 3.8) is 0 Å². The van der Waals surface area contributed by atoms with Crippen molar-refractivity contribution in [3.05, 3.63) is 75.0 Å². The normalized spacial score (nSPS) is 10.7. The molecule has 0 fully saturated rings. The molecule has 0 saturated heterocycles. The molecule has 0 aliphatic rings. The highest BCUT2D eigenvalue weighted by molar-refractivity contribution is 7.22. The maximum absolute atomic E-state index is 13.0. The van der Waals surface area contributed by atoms with Crippen LogP contribution in [0.15, 0.2) is 47.8 Å². The van der Waals surface area contributed by atoms with E-state index >= 15 is 0 Å². The predicted molar refractivity (Wildman–Crippen MR) is 115 cm³/mol. The van der Waals surface area contributed by atoms with E-state index in [-0.39, 0.29) is 23.6 Å². The van der Waals surface area contributed by atoms with E-state index in [4.69, 9.17) is 0 Å². The van der Waals surface area contributed by atoms with E-state index in [9.17, 15) is 24.1 Å². The number of thiazole rings is 2. The largest absolute Gasteiger partial charge is 0.302 e. The number of non-ortho nitro benzene ring substituents is 1. The van der Waals surface area contributed by atoms with Gasteiger partial charge in [0.05, 0.1) is 27.3 Å². The summed E-state index contributed by atoms with van der Waals surface area (Å²) >= 11 is 2.29. The first-order chi connectivity index (χ1) is 14.9. The highest BCUT2D eigenvalue weighted by Crippen LogP contribution is 2.29. The maximum Gasteiger partial charge on any atom is 0.270 e. The van der Waals surface area contributed by atoms with Gasteiger partial charge in [-0.15, -0.1) is 11.3 Å². The molecule has 4 aromatic rings. The van der Waals surface area contributed by atoms with Gasteiger partial charge in [0.25, 0.3) is 11.6 Å². The van der Waals surface area contributed by atoms with E-state index in [1.165, 1.54) is 42.5 Å². The van der Waals surface area contributed by atoms with Gasteiger partial charge in [-0.25, -0.2) is 14.4 Å². The summed E-state index contributed by atoms with van der Waals surface area (Å²) < 4.78 is 13.5. The molecule has 12 heteroatoms. The first kappa shape index (κ1) is 20.5. The van der Waals surface area contributed by atoms with Gasteiger partial charge in [-0.2, -0.15) is 0 Å². The van der Waals surface area contributed by atoms with Crippen molar-refractivity contribution in [1.29, 1.82) is 0 Å². The standard InChI is InChI=1S/C19H12FN5O4S2/c20-11-3-1-10(2-4-11)17(27)24-18-21-12(9-30-18)7-16(26)23-19-22-14-6-5-13(25(28)29)8-15(14)31-19/h1-6,8-9H,7H2,(H,21,24,27)(H,22,23,26). The fraction of sp³-hybridized carbons (Fsp3) is 0.0526. The van der Waals surface area contributed by atoms with E-state index in [0.717, 1.165) is 22.7 Å². The fourth-order valence-corrected chi connectivity index (χ4v) is 4.24. The molecular weight excluding hydrogens is 445 g/mol. The van der Waals surface area contributed by atoms with Crippen molar-refractivity contribution in [3.8, 4) is 0 Å². The van der Waals surface area contributed by atoms with Crippen LogP contribution < -0.4 is 10.6 Å². The summed E-state index contributed by atoms with van der Waals surface area (Å²) in [6, 6.07) is 9.37. The van der Waals surface area contributed by atoms with Crippen LogP contribution in [0.5, 0.6) is 0 Å². The number of fused-ring (bicyclic) bond motifs is 1. The molecule has 4 rings (SSSR count). The van der Waals surface area contributed by atoms with E-state index < -0.39 is 16.6 Å². The van der Waals surface area contributed by atoms with Crippen LogP contribution in [0.4, 0.5) is 20.3 Å². The van der Waals surface area contributed by atoms with Crippen molar-refractivity contribution in [2.24, 2.45) is 0 Å². The Kier molecular flexibility index (Phi) is 5.64. The fourth-order valence-electron chi connectivity index (χ4n) is 2.62. The molecule has 0 spiro atoms. The molecule has 156 valence electrons. The predicted octanol–water partition coefficient (Wildman–Crippen LogP) is 4.23. The number of carbonyl (C=O) groups is 2. The lowest BCUT2D eigenvalue weighted by Crippen LogP contribution is -2.15. The first-order valence-electron chi connectivity index (χ1n) is 8.73. The Morgan fingerprint density at radius 1 is 1.06 bits per heavy atom. The van der Waals surface area contributed by atoms with E-state index in [0.29, 0.717) is 26.2 Å². The van der Waals surface area contributed by atoms with Crippen molar-refractivity contribution in [2.75, 3.05) is 10.6 Å². The Hall–Kier alpha value is -3.77. The van der Waals surface area contributed by atoms with Crippen LogP contribution in [0.2, 0.25) is 0 Å². The van der Waals surface area contributed by atoms with Crippen LogP contribution >= 0.6 is 22.7 Å². The Bertz CT molecular complexity index is 1300. The second-order valence-corrected chi connectivity index (χ2v) is 8.15. The zero-order valence-electron chi connectivity index (χ0n) is 15.5. The highest BCUT2D eigenvalue weighted by Gasteiger charge is 2.14. The van der Waals surface area contributed by atoms with Gasteiger partial charge in [-0.3, -0.25) is 25.0 Å². The summed E-state index contributed by atoms with van der Waals surface area (Å²) in [5.41, 5.74) is 1.23. The smallest absolute Gasteiger partial charge is 0.270 e. The van der Waals surface area contributed by atoms with Gasteiger partial charge < -0.3 is 5.32 Å². The van der Waals surface area contributed by atoms with Gasteiger partial charge in [-0.05, 0) is 30.3 Å². The number of hydrogen-bond acceptors (Lipinski definition) is 8. The van der Waals surface area contributed by atoms with Crippen LogP contribution in [-0.2, 0) is 11.2 Å². The molecule has 9 nitrogen and oxygen atoms in total. The Morgan fingerprint density at radius 3 is 2.58 bits per heavy atom. The lowest BCUT2D eigenvalue weighted by atomic mass is 10.2. The molecule has 2 heterocycles. The minimum absolute atomic E-state index is 0.0427. The van der Waals surface area contributed by atoms with Gasteiger partial charge >= 0.3 is 0 Å². The number of nitro benzene ring substituents is 1. The third-order valence-electron chi connectivity index (χ3n) is 4.05. The zero-order valence-corrected chi connectivity index (χ0v) is 17.1. The van der Waals surface area contributed by atoms with Gasteiger partial charge in [0.15, 0.2) is 10.3 Å². The molecule has 0 atom stereocenters. The summed E-state index contributed by atoms with van der Waals surface area (Å²) in [5.74, 6) is -1.24. The lowest BCUT2D eigenvalue weighted by Gasteiger charge is -2.01. The number of hydrogen-bond donors (Lipinski definition) is 2. The third kappa shape index (κ3) is 4.87. The highest BCUT2D eigenvalue weighted by atomic mass is 32.1. The molecule has 2 N–H and O–H groups in total. The molecule has 2 aromatic heterocycles. The van der Waals surface area contributed by atoms with Gasteiger partial charge in [0.2, 0.25) is 5.91 Å². The number of aromatic nitrogens is 2. The van der Waals surface area contributed by atoms with Crippen molar-refractivity contribution >= 4 is 60.7 Å². The summed E-state index contributed by atoms with van der Waals surface area (Å²) in [6.45, 7) is 0. The van der Waals surface area contributed by atoms with E-state index in [2.05, 4.69) is 20.6 Å². The Morgan fingerprint density at radius 2 is 1.84 bits per heavy atom. The topological polar surface area (TPSA) is 127 Å². The number of anilines is 2. The molecule has 2 amide bonds. The van der Waals surface area contributed by atoms with Crippen molar-refractivity contribution < 1.29 is 18.9 Å². The second kappa shape index (κ2) is 8.53.